The SMILES string of the molecule is CNC(c1ccc2c(c1)CCCC2)C1CCCCN1. The first-order chi connectivity index (χ1) is 9.38. The van der Waals surface area contributed by atoms with Crippen molar-refractivity contribution in [2.24, 2.45) is 0 Å². The molecule has 0 spiro atoms. The molecule has 0 bridgehead atoms. The second-order valence-corrected chi connectivity index (χ2v) is 6.06. The zero-order valence-electron chi connectivity index (χ0n) is 12.0. The highest BCUT2D eigenvalue weighted by molar-refractivity contribution is 5.35. The lowest BCUT2D eigenvalue weighted by molar-refractivity contribution is 0.326. The van der Waals surface area contributed by atoms with E-state index in [9.17, 15) is 0 Å². The number of hydrogen-bond donors (Lipinski definition) is 2. The highest BCUT2D eigenvalue weighted by Gasteiger charge is 2.24. The Bertz CT molecular complexity index is 421. The summed E-state index contributed by atoms with van der Waals surface area (Å²) in [4.78, 5) is 0. The number of likely N-dealkylation sites (N-methyl/N-ethyl adjacent to an activating group) is 1. The molecule has 1 fully saturated rings. The molecular weight excluding hydrogens is 232 g/mol. The minimum absolute atomic E-state index is 0.465. The van der Waals surface area contributed by atoms with Crippen molar-refractivity contribution in [2.75, 3.05) is 13.6 Å². The summed E-state index contributed by atoms with van der Waals surface area (Å²) in [6.45, 7) is 1.17. The van der Waals surface area contributed by atoms with Crippen LogP contribution in [0.25, 0.3) is 0 Å². The maximum Gasteiger partial charge on any atom is 0.0473 e. The average molecular weight is 258 g/mol. The van der Waals surface area contributed by atoms with Gasteiger partial charge in [0, 0.05) is 12.1 Å². The molecule has 2 aliphatic rings. The average Bonchev–Trinajstić information content (AvgIpc) is 2.49. The molecule has 2 atom stereocenters. The Morgan fingerprint density at radius 3 is 2.68 bits per heavy atom. The third kappa shape index (κ3) is 2.85. The van der Waals surface area contributed by atoms with Gasteiger partial charge in [0.2, 0.25) is 0 Å². The van der Waals surface area contributed by atoms with E-state index < -0.39 is 0 Å². The van der Waals surface area contributed by atoms with Crippen molar-refractivity contribution in [3.05, 3.63) is 34.9 Å². The van der Waals surface area contributed by atoms with Crippen LogP contribution >= 0.6 is 0 Å². The highest BCUT2D eigenvalue weighted by Crippen LogP contribution is 2.28. The molecule has 2 N–H and O–H groups in total. The molecule has 1 aliphatic carbocycles. The summed E-state index contributed by atoms with van der Waals surface area (Å²) in [7, 11) is 2.10. The molecule has 1 aromatic rings. The minimum Gasteiger partial charge on any atom is -0.312 e. The molecule has 0 radical (unpaired) electrons. The molecule has 2 nitrogen and oxygen atoms in total. The van der Waals surface area contributed by atoms with Gasteiger partial charge in [0.15, 0.2) is 0 Å². The number of benzene rings is 1. The van der Waals surface area contributed by atoms with Crippen LogP contribution in [0.4, 0.5) is 0 Å². The first-order valence-corrected chi connectivity index (χ1v) is 7.91. The first kappa shape index (κ1) is 13.1. The smallest absolute Gasteiger partial charge is 0.0473 e. The lowest BCUT2D eigenvalue weighted by atomic mass is 9.86. The number of hydrogen-bond acceptors (Lipinski definition) is 2. The van der Waals surface area contributed by atoms with E-state index in [1.54, 1.807) is 11.1 Å². The minimum atomic E-state index is 0.465. The number of fused-ring (bicyclic) bond motifs is 1. The van der Waals surface area contributed by atoms with Crippen molar-refractivity contribution in [2.45, 2.75) is 57.0 Å². The van der Waals surface area contributed by atoms with Gasteiger partial charge in [0.1, 0.15) is 0 Å². The molecule has 1 aliphatic heterocycles. The fourth-order valence-corrected chi connectivity index (χ4v) is 3.71. The molecule has 1 heterocycles. The Morgan fingerprint density at radius 1 is 1.11 bits per heavy atom. The van der Waals surface area contributed by atoms with Crippen LogP contribution in [0, 0.1) is 0 Å². The van der Waals surface area contributed by atoms with E-state index in [1.807, 2.05) is 0 Å². The Kier molecular flexibility index (Phi) is 4.19. The van der Waals surface area contributed by atoms with E-state index in [1.165, 1.54) is 57.1 Å². The van der Waals surface area contributed by atoms with Crippen molar-refractivity contribution >= 4 is 0 Å². The van der Waals surface area contributed by atoms with Gasteiger partial charge in [-0.15, -0.1) is 0 Å². The van der Waals surface area contributed by atoms with Gasteiger partial charge in [0.25, 0.3) is 0 Å². The second kappa shape index (κ2) is 6.06. The van der Waals surface area contributed by atoms with E-state index in [0.29, 0.717) is 12.1 Å². The van der Waals surface area contributed by atoms with Crippen LogP contribution < -0.4 is 10.6 Å². The largest absolute Gasteiger partial charge is 0.312 e. The third-order valence-corrected chi connectivity index (χ3v) is 4.79. The number of piperidine rings is 1. The van der Waals surface area contributed by atoms with Gasteiger partial charge in [-0.05, 0) is 68.8 Å². The van der Waals surface area contributed by atoms with Crippen LogP contribution in [0.1, 0.15) is 54.8 Å². The topological polar surface area (TPSA) is 24.1 Å². The summed E-state index contributed by atoms with van der Waals surface area (Å²) in [5.74, 6) is 0. The molecule has 0 amide bonds. The first-order valence-electron chi connectivity index (χ1n) is 7.91. The zero-order valence-corrected chi connectivity index (χ0v) is 12.0. The molecule has 2 unspecified atom stereocenters. The molecule has 3 rings (SSSR count). The van der Waals surface area contributed by atoms with Gasteiger partial charge in [-0.3, -0.25) is 0 Å². The fourth-order valence-electron chi connectivity index (χ4n) is 3.71. The summed E-state index contributed by atoms with van der Waals surface area (Å²) in [6.07, 6.45) is 9.27. The zero-order chi connectivity index (χ0) is 13.1. The van der Waals surface area contributed by atoms with Gasteiger partial charge in [-0.2, -0.15) is 0 Å². The summed E-state index contributed by atoms with van der Waals surface area (Å²) in [5.41, 5.74) is 4.66. The molecule has 0 saturated carbocycles. The van der Waals surface area contributed by atoms with Crippen LogP contribution in [-0.2, 0) is 12.8 Å². The number of rotatable bonds is 3. The maximum absolute atomic E-state index is 3.69. The van der Waals surface area contributed by atoms with E-state index in [4.69, 9.17) is 0 Å². The van der Waals surface area contributed by atoms with Crippen molar-refractivity contribution in [3.63, 3.8) is 0 Å². The van der Waals surface area contributed by atoms with Crippen LogP contribution in [-0.4, -0.2) is 19.6 Å². The normalized spacial score (nSPS) is 24.8. The number of nitrogens with one attached hydrogen (secondary N) is 2. The quantitative estimate of drug-likeness (QED) is 0.871. The van der Waals surface area contributed by atoms with Crippen molar-refractivity contribution in [1.82, 2.24) is 10.6 Å². The van der Waals surface area contributed by atoms with Gasteiger partial charge in [0.05, 0.1) is 0 Å². The summed E-state index contributed by atoms with van der Waals surface area (Å²) < 4.78 is 0. The maximum atomic E-state index is 3.69. The van der Waals surface area contributed by atoms with Crippen molar-refractivity contribution in [3.8, 4) is 0 Å². The highest BCUT2D eigenvalue weighted by atomic mass is 15.0. The third-order valence-electron chi connectivity index (χ3n) is 4.79. The standard InChI is InChI=1S/C17H26N2/c1-18-17(16-8-4-5-11-19-16)15-10-9-13-6-2-3-7-14(13)12-15/h9-10,12,16-19H,2-8,11H2,1H3. The van der Waals surface area contributed by atoms with Crippen LogP contribution in [0.2, 0.25) is 0 Å². The van der Waals surface area contributed by atoms with E-state index >= 15 is 0 Å². The monoisotopic (exact) mass is 258 g/mol. The van der Waals surface area contributed by atoms with Gasteiger partial charge in [-0.1, -0.05) is 24.6 Å². The van der Waals surface area contributed by atoms with Crippen molar-refractivity contribution in [1.29, 1.82) is 0 Å². The summed E-state index contributed by atoms with van der Waals surface area (Å²) >= 11 is 0. The predicted octanol–water partition coefficient (Wildman–Crippen LogP) is 2.97. The molecule has 0 aromatic heterocycles. The molecular formula is C17H26N2. The van der Waals surface area contributed by atoms with Gasteiger partial charge >= 0.3 is 0 Å². The summed E-state index contributed by atoms with van der Waals surface area (Å²) in [6, 6.07) is 8.25. The van der Waals surface area contributed by atoms with Crippen molar-refractivity contribution < 1.29 is 0 Å². The van der Waals surface area contributed by atoms with E-state index in [2.05, 4.69) is 35.9 Å². The van der Waals surface area contributed by atoms with Crippen LogP contribution in [0.15, 0.2) is 18.2 Å². The predicted molar refractivity (Wildman–Crippen MR) is 80.5 cm³/mol. The molecule has 2 heteroatoms. The summed E-state index contributed by atoms with van der Waals surface area (Å²) in [5, 5.41) is 7.22. The number of aryl methyl sites for hydroxylation is 2. The molecule has 104 valence electrons. The molecule has 1 aromatic carbocycles. The van der Waals surface area contributed by atoms with Gasteiger partial charge < -0.3 is 10.6 Å². The molecule has 19 heavy (non-hydrogen) atoms. The van der Waals surface area contributed by atoms with Gasteiger partial charge in [-0.25, -0.2) is 0 Å². The van der Waals surface area contributed by atoms with Crippen LogP contribution in [0.3, 0.4) is 0 Å². The lowest BCUT2D eigenvalue weighted by Crippen LogP contribution is -2.43. The van der Waals surface area contributed by atoms with E-state index in [-0.39, 0.29) is 0 Å². The fraction of sp³-hybridized carbons (Fsp3) is 0.647. The molecule has 1 saturated heterocycles. The second-order valence-electron chi connectivity index (χ2n) is 6.06. The Labute approximate surface area is 117 Å². The Hall–Kier alpha value is -0.860. The van der Waals surface area contributed by atoms with Crippen LogP contribution in [0.5, 0.6) is 0 Å². The van der Waals surface area contributed by atoms with E-state index in [0.717, 1.165) is 0 Å². The lowest BCUT2D eigenvalue weighted by Gasteiger charge is -2.32. The Morgan fingerprint density at radius 2 is 1.95 bits per heavy atom. The Balaban J connectivity index is 1.82.